The van der Waals surface area contributed by atoms with Crippen LogP contribution in [0.4, 0.5) is 10.7 Å². The quantitative estimate of drug-likeness (QED) is 0.0724. The first-order valence-corrected chi connectivity index (χ1v) is 18.6. The Kier molecular flexibility index (Phi) is 13.3. The third kappa shape index (κ3) is 10.0. The molecule has 1 heterocycles. The molecule has 5 rings (SSSR count). The van der Waals surface area contributed by atoms with Gasteiger partial charge in [-0.05, 0) is 86.7 Å². The SMILES string of the molecule is CCOC(=O)c1c(NC(=O)CSc2cccc(NC(=O)/C(=C\c3ccc(OC)cc3OC)NC(=O)c3ccccc3)c2)sc2c1CCCCCC2. The van der Waals surface area contributed by atoms with Crippen molar-refractivity contribution in [3.05, 3.63) is 106 Å². The predicted molar refractivity (Wildman–Crippen MR) is 202 cm³/mol. The number of thioether (sulfide) groups is 1. The van der Waals surface area contributed by atoms with E-state index in [2.05, 4.69) is 16.0 Å². The third-order valence-corrected chi connectivity index (χ3v) is 10.3. The van der Waals surface area contributed by atoms with Crippen molar-refractivity contribution in [3.8, 4) is 11.5 Å². The summed E-state index contributed by atoms with van der Waals surface area (Å²) in [5.74, 6) is -0.560. The van der Waals surface area contributed by atoms with Crippen molar-refractivity contribution in [2.45, 2.75) is 50.3 Å². The van der Waals surface area contributed by atoms with Crippen molar-refractivity contribution in [3.63, 3.8) is 0 Å². The highest BCUT2D eigenvalue weighted by atomic mass is 32.2. The van der Waals surface area contributed by atoms with Crippen LogP contribution < -0.4 is 25.4 Å². The maximum atomic E-state index is 13.7. The molecule has 3 aromatic carbocycles. The van der Waals surface area contributed by atoms with Crippen LogP contribution in [0.3, 0.4) is 0 Å². The maximum absolute atomic E-state index is 13.7. The number of aryl methyl sites for hydroxylation is 1. The maximum Gasteiger partial charge on any atom is 0.341 e. The van der Waals surface area contributed by atoms with Crippen molar-refractivity contribution in [1.82, 2.24) is 5.32 Å². The Morgan fingerprint density at radius 2 is 1.65 bits per heavy atom. The van der Waals surface area contributed by atoms with E-state index in [-0.39, 0.29) is 24.0 Å². The average Bonchev–Trinajstić information content (AvgIpc) is 3.46. The number of esters is 1. The number of ether oxygens (including phenoxy) is 3. The molecule has 3 N–H and O–H groups in total. The summed E-state index contributed by atoms with van der Waals surface area (Å²) < 4.78 is 16.2. The first-order valence-electron chi connectivity index (χ1n) is 16.8. The Balaban J connectivity index is 1.30. The van der Waals surface area contributed by atoms with E-state index < -0.39 is 17.8 Å². The number of fused-ring (bicyclic) bond motifs is 1. The fourth-order valence-electron chi connectivity index (χ4n) is 5.64. The van der Waals surface area contributed by atoms with Crippen LogP contribution >= 0.6 is 23.1 Å². The molecular weight excluding hydrogens is 687 g/mol. The number of amides is 3. The summed E-state index contributed by atoms with van der Waals surface area (Å²) in [7, 11) is 3.05. The lowest BCUT2D eigenvalue weighted by Crippen LogP contribution is -2.30. The van der Waals surface area contributed by atoms with Gasteiger partial charge in [0.25, 0.3) is 11.8 Å². The van der Waals surface area contributed by atoms with E-state index in [9.17, 15) is 19.2 Å². The van der Waals surface area contributed by atoms with Gasteiger partial charge in [-0.2, -0.15) is 0 Å². The topological polar surface area (TPSA) is 132 Å². The van der Waals surface area contributed by atoms with Crippen LogP contribution in [-0.2, 0) is 27.2 Å². The van der Waals surface area contributed by atoms with Crippen LogP contribution in [0.5, 0.6) is 11.5 Å². The van der Waals surface area contributed by atoms with E-state index in [1.165, 1.54) is 36.3 Å². The number of nitrogens with one attached hydrogen (secondary N) is 3. The molecule has 12 heteroatoms. The van der Waals surface area contributed by atoms with E-state index in [1.54, 1.807) is 80.8 Å². The zero-order chi connectivity index (χ0) is 36.2. The molecular formula is C39H41N3O7S2. The lowest BCUT2D eigenvalue weighted by molar-refractivity contribution is -0.114. The number of benzene rings is 3. The van der Waals surface area contributed by atoms with Crippen LogP contribution in [0.2, 0.25) is 0 Å². The van der Waals surface area contributed by atoms with Crippen LogP contribution in [0.25, 0.3) is 6.08 Å². The summed E-state index contributed by atoms with van der Waals surface area (Å²) in [6, 6.07) is 20.8. The van der Waals surface area contributed by atoms with Gasteiger partial charge in [0, 0.05) is 32.7 Å². The molecule has 10 nitrogen and oxygen atoms in total. The highest BCUT2D eigenvalue weighted by molar-refractivity contribution is 8.00. The fourth-order valence-corrected chi connectivity index (χ4v) is 7.68. The summed E-state index contributed by atoms with van der Waals surface area (Å²) in [6.45, 7) is 2.03. The van der Waals surface area contributed by atoms with Crippen molar-refractivity contribution in [2.75, 3.05) is 37.2 Å². The molecule has 0 radical (unpaired) electrons. The predicted octanol–water partition coefficient (Wildman–Crippen LogP) is 7.74. The smallest absolute Gasteiger partial charge is 0.341 e. The molecule has 0 spiro atoms. The summed E-state index contributed by atoms with van der Waals surface area (Å²) in [5, 5.41) is 9.12. The lowest BCUT2D eigenvalue weighted by atomic mass is 9.96. The number of carbonyl (C=O) groups is 4. The largest absolute Gasteiger partial charge is 0.497 e. The number of thiophene rings is 1. The molecule has 1 aromatic heterocycles. The second-order valence-electron chi connectivity index (χ2n) is 11.6. The van der Waals surface area contributed by atoms with Crippen LogP contribution in [0.15, 0.2) is 83.4 Å². The molecule has 0 saturated heterocycles. The van der Waals surface area contributed by atoms with Crippen LogP contribution in [0, 0.1) is 0 Å². The zero-order valence-corrected chi connectivity index (χ0v) is 30.5. The number of anilines is 2. The van der Waals surface area contributed by atoms with Gasteiger partial charge in [0.15, 0.2) is 0 Å². The summed E-state index contributed by atoms with van der Waals surface area (Å²) in [4.78, 5) is 54.9. The minimum Gasteiger partial charge on any atom is -0.497 e. The van der Waals surface area contributed by atoms with Crippen molar-refractivity contribution < 1.29 is 33.4 Å². The Labute approximate surface area is 306 Å². The van der Waals surface area contributed by atoms with E-state index in [0.717, 1.165) is 53.9 Å². The van der Waals surface area contributed by atoms with E-state index in [0.29, 0.717) is 38.9 Å². The van der Waals surface area contributed by atoms with Crippen molar-refractivity contribution in [1.29, 1.82) is 0 Å². The molecule has 266 valence electrons. The van der Waals surface area contributed by atoms with Gasteiger partial charge in [-0.25, -0.2) is 4.79 Å². The van der Waals surface area contributed by atoms with Crippen molar-refractivity contribution >= 4 is 63.6 Å². The van der Waals surface area contributed by atoms with E-state index >= 15 is 0 Å². The summed E-state index contributed by atoms with van der Waals surface area (Å²) in [6.07, 6.45) is 7.54. The molecule has 0 saturated carbocycles. The van der Waals surface area contributed by atoms with Gasteiger partial charge in [-0.3, -0.25) is 14.4 Å². The molecule has 0 bridgehead atoms. The molecule has 0 fully saturated rings. The number of rotatable bonds is 13. The lowest BCUT2D eigenvalue weighted by Gasteiger charge is -2.13. The molecule has 1 aliphatic rings. The Hall–Kier alpha value is -5.07. The van der Waals surface area contributed by atoms with Gasteiger partial charge >= 0.3 is 5.97 Å². The normalized spacial score (nSPS) is 12.8. The molecule has 4 aromatic rings. The molecule has 0 unspecified atom stereocenters. The summed E-state index contributed by atoms with van der Waals surface area (Å²) in [5.41, 5.74) is 2.89. The summed E-state index contributed by atoms with van der Waals surface area (Å²) >= 11 is 2.76. The number of carbonyl (C=O) groups excluding carboxylic acids is 4. The van der Waals surface area contributed by atoms with Gasteiger partial charge in [-0.1, -0.05) is 37.1 Å². The third-order valence-electron chi connectivity index (χ3n) is 8.13. The molecule has 51 heavy (non-hydrogen) atoms. The minimum absolute atomic E-state index is 0.00721. The molecule has 3 amide bonds. The highest BCUT2D eigenvalue weighted by Gasteiger charge is 2.26. The zero-order valence-electron chi connectivity index (χ0n) is 28.8. The Bertz CT molecular complexity index is 1910. The second-order valence-corrected chi connectivity index (χ2v) is 13.8. The van der Waals surface area contributed by atoms with Gasteiger partial charge in [0.05, 0.1) is 32.1 Å². The Morgan fingerprint density at radius 1 is 0.863 bits per heavy atom. The average molecular weight is 728 g/mol. The molecule has 1 aliphatic carbocycles. The number of hydrogen-bond donors (Lipinski definition) is 3. The first kappa shape index (κ1) is 37.2. The number of hydrogen-bond acceptors (Lipinski definition) is 9. The van der Waals surface area contributed by atoms with Crippen LogP contribution in [0.1, 0.15) is 69.3 Å². The Morgan fingerprint density at radius 3 is 2.39 bits per heavy atom. The molecule has 0 atom stereocenters. The van der Waals surface area contributed by atoms with E-state index in [1.807, 2.05) is 6.07 Å². The van der Waals surface area contributed by atoms with Gasteiger partial charge in [-0.15, -0.1) is 23.1 Å². The minimum atomic E-state index is -0.559. The van der Waals surface area contributed by atoms with Gasteiger partial charge < -0.3 is 30.2 Å². The second kappa shape index (κ2) is 18.2. The monoisotopic (exact) mass is 727 g/mol. The van der Waals surface area contributed by atoms with Crippen molar-refractivity contribution in [2.24, 2.45) is 0 Å². The first-order chi connectivity index (χ1) is 24.8. The number of methoxy groups -OCH3 is 2. The highest BCUT2D eigenvalue weighted by Crippen LogP contribution is 2.38. The van der Waals surface area contributed by atoms with Gasteiger partial charge in [0.1, 0.15) is 22.2 Å². The van der Waals surface area contributed by atoms with Gasteiger partial charge in [0.2, 0.25) is 5.91 Å². The van der Waals surface area contributed by atoms with E-state index in [4.69, 9.17) is 14.2 Å². The molecule has 0 aliphatic heterocycles. The fraction of sp³-hybridized carbons (Fsp3) is 0.282. The van der Waals surface area contributed by atoms with Crippen LogP contribution in [-0.4, -0.2) is 50.3 Å². The standard InChI is InChI=1S/C39H41N3O7S2/c1-4-49-39(46)35-30-17-10-5-6-11-18-33(30)51-38(35)42-34(43)24-50-29-16-12-15-27(22-29)40-37(45)31(41-36(44)25-13-8-7-9-14-25)21-26-19-20-28(47-2)23-32(26)48-3/h7-9,12-16,19-23H,4-6,10-11,17-18,24H2,1-3H3,(H,40,45)(H,41,44)(H,42,43)/b31-21+.